The Morgan fingerprint density at radius 1 is 1.59 bits per heavy atom. The van der Waals surface area contributed by atoms with Crippen LogP contribution in [0.5, 0.6) is 5.75 Å². The van der Waals surface area contributed by atoms with E-state index in [1.54, 1.807) is 0 Å². The summed E-state index contributed by atoms with van der Waals surface area (Å²) in [5.74, 6) is 0.767. The predicted octanol–water partition coefficient (Wildman–Crippen LogP) is 1.36. The van der Waals surface area contributed by atoms with Gasteiger partial charge in [0.15, 0.2) is 0 Å². The van der Waals surface area contributed by atoms with Gasteiger partial charge in [0.05, 0.1) is 18.7 Å². The molecule has 0 radical (unpaired) electrons. The zero-order chi connectivity index (χ0) is 12.3. The third-order valence-corrected chi connectivity index (χ3v) is 3.05. The van der Waals surface area contributed by atoms with Crippen LogP contribution >= 0.6 is 0 Å². The van der Waals surface area contributed by atoms with Crippen LogP contribution in [-0.4, -0.2) is 18.6 Å². The van der Waals surface area contributed by atoms with Gasteiger partial charge < -0.3 is 15.8 Å². The van der Waals surface area contributed by atoms with Gasteiger partial charge in [-0.25, -0.2) is 0 Å². The first-order chi connectivity index (χ1) is 8.22. The van der Waals surface area contributed by atoms with Crippen LogP contribution in [0.25, 0.3) is 0 Å². The van der Waals surface area contributed by atoms with Crippen LogP contribution in [0, 0.1) is 0 Å². The quantitative estimate of drug-likeness (QED) is 0.830. The lowest BCUT2D eigenvalue weighted by Gasteiger charge is -2.27. The van der Waals surface area contributed by atoms with Gasteiger partial charge in [-0.15, -0.1) is 0 Å². The highest BCUT2D eigenvalue weighted by atomic mass is 16.5. The number of carbonyl (C=O) groups is 1. The molecule has 0 aliphatic carbocycles. The summed E-state index contributed by atoms with van der Waals surface area (Å²) in [5.41, 5.74) is 6.75. The molecule has 1 aliphatic rings. The fraction of sp³-hybridized carbons (Fsp3) is 0.462. The Kier molecular flexibility index (Phi) is 3.64. The lowest BCUT2D eigenvalue weighted by molar-refractivity contribution is -0.123. The SMILES string of the molecule is CC[C@@H](N)C(=O)NC1CCOc2ccccc21. The molecule has 1 amide bonds. The zero-order valence-electron chi connectivity index (χ0n) is 9.98. The average molecular weight is 234 g/mol. The first-order valence-electron chi connectivity index (χ1n) is 6.00. The number of hydrogen-bond acceptors (Lipinski definition) is 3. The highest BCUT2D eigenvalue weighted by molar-refractivity contribution is 5.81. The Morgan fingerprint density at radius 2 is 2.35 bits per heavy atom. The van der Waals surface area contributed by atoms with E-state index in [9.17, 15) is 4.79 Å². The number of benzene rings is 1. The maximum absolute atomic E-state index is 11.8. The van der Waals surface area contributed by atoms with E-state index in [1.165, 1.54) is 0 Å². The van der Waals surface area contributed by atoms with E-state index in [0.29, 0.717) is 13.0 Å². The van der Waals surface area contributed by atoms with Crippen molar-refractivity contribution >= 4 is 5.91 Å². The van der Waals surface area contributed by atoms with Gasteiger partial charge in [-0.3, -0.25) is 4.79 Å². The summed E-state index contributed by atoms with van der Waals surface area (Å²) in [6.07, 6.45) is 1.44. The standard InChI is InChI=1S/C13H18N2O2/c1-2-10(14)13(16)15-11-7-8-17-12-6-4-3-5-9(11)12/h3-6,10-11H,2,7-8,14H2,1H3,(H,15,16)/t10-,11?/m1/s1. The Balaban J connectivity index is 2.11. The molecule has 0 saturated carbocycles. The average Bonchev–Trinajstić information content (AvgIpc) is 2.38. The second-order valence-electron chi connectivity index (χ2n) is 4.25. The molecule has 0 spiro atoms. The molecule has 0 aromatic heterocycles. The number of nitrogens with one attached hydrogen (secondary N) is 1. The first kappa shape index (κ1) is 11.9. The molecule has 0 bridgehead atoms. The number of ether oxygens (including phenoxy) is 1. The molecule has 17 heavy (non-hydrogen) atoms. The number of hydrogen-bond donors (Lipinski definition) is 2. The van der Waals surface area contributed by atoms with E-state index in [0.717, 1.165) is 17.7 Å². The van der Waals surface area contributed by atoms with Crippen LogP contribution < -0.4 is 15.8 Å². The highest BCUT2D eigenvalue weighted by Crippen LogP contribution is 2.31. The van der Waals surface area contributed by atoms with E-state index in [-0.39, 0.29) is 11.9 Å². The van der Waals surface area contributed by atoms with Gasteiger partial charge in [-0.05, 0) is 12.5 Å². The van der Waals surface area contributed by atoms with Crippen molar-refractivity contribution < 1.29 is 9.53 Å². The number of nitrogens with two attached hydrogens (primary N) is 1. The number of rotatable bonds is 3. The Hall–Kier alpha value is -1.55. The lowest BCUT2D eigenvalue weighted by atomic mass is 10.00. The monoisotopic (exact) mass is 234 g/mol. The Labute approximate surface area is 101 Å². The summed E-state index contributed by atoms with van der Waals surface area (Å²) in [5, 5.41) is 2.98. The van der Waals surface area contributed by atoms with Gasteiger partial charge in [0.1, 0.15) is 5.75 Å². The van der Waals surface area contributed by atoms with E-state index >= 15 is 0 Å². The summed E-state index contributed by atoms with van der Waals surface area (Å²) >= 11 is 0. The minimum Gasteiger partial charge on any atom is -0.493 e. The summed E-state index contributed by atoms with van der Waals surface area (Å²) in [7, 11) is 0. The second kappa shape index (κ2) is 5.19. The molecule has 3 N–H and O–H groups in total. The number of para-hydroxylation sites is 1. The van der Waals surface area contributed by atoms with Gasteiger partial charge in [-0.1, -0.05) is 25.1 Å². The van der Waals surface area contributed by atoms with Crippen LogP contribution in [0.4, 0.5) is 0 Å². The van der Waals surface area contributed by atoms with Crippen molar-refractivity contribution in [2.75, 3.05) is 6.61 Å². The Bertz CT molecular complexity index is 406. The van der Waals surface area contributed by atoms with Gasteiger partial charge in [-0.2, -0.15) is 0 Å². The molecule has 2 atom stereocenters. The van der Waals surface area contributed by atoms with Crippen LogP contribution in [-0.2, 0) is 4.79 Å². The summed E-state index contributed by atoms with van der Waals surface area (Å²) in [4.78, 5) is 11.8. The molecule has 1 heterocycles. The van der Waals surface area contributed by atoms with Crippen LogP contribution in [0.2, 0.25) is 0 Å². The van der Waals surface area contributed by atoms with Crippen LogP contribution in [0.15, 0.2) is 24.3 Å². The highest BCUT2D eigenvalue weighted by Gasteiger charge is 2.23. The first-order valence-corrected chi connectivity index (χ1v) is 6.00. The van der Waals surface area contributed by atoms with Gasteiger partial charge in [0.25, 0.3) is 0 Å². The minimum atomic E-state index is -0.426. The molecule has 1 aliphatic heterocycles. The zero-order valence-corrected chi connectivity index (χ0v) is 9.98. The number of fused-ring (bicyclic) bond motifs is 1. The van der Waals surface area contributed by atoms with Gasteiger partial charge in [0.2, 0.25) is 5.91 Å². The molecule has 92 valence electrons. The van der Waals surface area contributed by atoms with E-state index < -0.39 is 6.04 Å². The van der Waals surface area contributed by atoms with E-state index in [1.807, 2.05) is 31.2 Å². The van der Waals surface area contributed by atoms with Gasteiger partial charge >= 0.3 is 0 Å². The molecule has 4 nitrogen and oxygen atoms in total. The second-order valence-corrected chi connectivity index (χ2v) is 4.25. The predicted molar refractivity (Wildman–Crippen MR) is 65.7 cm³/mol. The topological polar surface area (TPSA) is 64.4 Å². The molecule has 1 unspecified atom stereocenters. The molecule has 0 saturated heterocycles. The van der Waals surface area contributed by atoms with Crippen molar-refractivity contribution in [3.05, 3.63) is 29.8 Å². The van der Waals surface area contributed by atoms with E-state index in [2.05, 4.69) is 5.32 Å². The van der Waals surface area contributed by atoms with Crippen molar-refractivity contribution in [3.63, 3.8) is 0 Å². The maximum atomic E-state index is 11.8. The molecular weight excluding hydrogens is 216 g/mol. The molecular formula is C13H18N2O2. The number of carbonyl (C=O) groups excluding carboxylic acids is 1. The minimum absolute atomic E-state index is 0.0186. The number of amides is 1. The third-order valence-electron chi connectivity index (χ3n) is 3.05. The maximum Gasteiger partial charge on any atom is 0.237 e. The van der Waals surface area contributed by atoms with Crippen LogP contribution in [0.1, 0.15) is 31.4 Å². The molecule has 1 aromatic carbocycles. The summed E-state index contributed by atoms with van der Waals surface area (Å²) in [6.45, 7) is 2.53. The lowest BCUT2D eigenvalue weighted by Crippen LogP contribution is -2.42. The fourth-order valence-electron chi connectivity index (χ4n) is 1.96. The smallest absolute Gasteiger partial charge is 0.237 e. The van der Waals surface area contributed by atoms with Crippen molar-refractivity contribution in [2.45, 2.75) is 31.8 Å². The van der Waals surface area contributed by atoms with Crippen molar-refractivity contribution in [3.8, 4) is 5.75 Å². The molecule has 2 rings (SSSR count). The Morgan fingerprint density at radius 3 is 3.12 bits per heavy atom. The normalized spacial score (nSPS) is 20.0. The molecule has 4 heteroatoms. The van der Waals surface area contributed by atoms with Crippen molar-refractivity contribution in [1.29, 1.82) is 0 Å². The summed E-state index contributed by atoms with van der Waals surface area (Å²) < 4.78 is 5.54. The van der Waals surface area contributed by atoms with Crippen LogP contribution in [0.3, 0.4) is 0 Å². The van der Waals surface area contributed by atoms with Gasteiger partial charge in [0, 0.05) is 12.0 Å². The fourth-order valence-corrected chi connectivity index (χ4v) is 1.96. The third kappa shape index (κ3) is 2.58. The van der Waals surface area contributed by atoms with Crippen molar-refractivity contribution in [1.82, 2.24) is 5.32 Å². The molecule has 0 fully saturated rings. The van der Waals surface area contributed by atoms with Crippen molar-refractivity contribution in [2.24, 2.45) is 5.73 Å². The largest absolute Gasteiger partial charge is 0.493 e. The van der Waals surface area contributed by atoms with E-state index in [4.69, 9.17) is 10.5 Å². The summed E-state index contributed by atoms with van der Waals surface area (Å²) in [6, 6.07) is 7.38. The molecule has 1 aromatic rings.